The molecule has 0 aromatic heterocycles. The van der Waals surface area contributed by atoms with Gasteiger partial charge < -0.3 is 10.2 Å². The lowest BCUT2D eigenvalue weighted by molar-refractivity contribution is 0.0435. The second kappa shape index (κ2) is 7.20. The maximum atomic E-state index is 10.0. The number of aliphatic hydroxyl groups excluding tert-OH is 2. The van der Waals surface area contributed by atoms with Crippen LogP contribution in [0.4, 0.5) is 0 Å². The number of likely N-dealkylation sites (N-methyl/N-ethyl adjacent to an activating group) is 1. The van der Waals surface area contributed by atoms with E-state index in [0.717, 1.165) is 38.8 Å². The van der Waals surface area contributed by atoms with Crippen molar-refractivity contribution in [3.8, 4) is 0 Å². The van der Waals surface area contributed by atoms with Crippen molar-refractivity contribution in [1.82, 2.24) is 4.90 Å². The topological polar surface area (TPSA) is 43.7 Å². The van der Waals surface area contributed by atoms with Gasteiger partial charge >= 0.3 is 0 Å². The SMILES string of the molecule is CCN(CCCO)C1CCCCCC1O. The third kappa shape index (κ3) is 4.09. The average molecular weight is 215 g/mol. The zero-order chi connectivity index (χ0) is 11.1. The highest BCUT2D eigenvalue weighted by molar-refractivity contribution is 4.81. The van der Waals surface area contributed by atoms with Gasteiger partial charge in [0.05, 0.1) is 6.10 Å². The largest absolute Gasteiger partial charge is 0.396 e. The lowest BCUT2D eigenvalue weighted by Crippen LogP contribution is -2.43. The van der Waals surface area contributed by atoms with Gasteiger partial charge in [0.1, 0.15) is 0 Å². The Morgan fingerprint density at radius 2 is 1.93 bits per heavy atom. The first-order chi connectivity index (χ1) is 7.29. The zero-order valence-electron chi connectivity index (χ0n) is 9.86. The first-order valence-electron chi connectivity index (χ1n) is 6.32. The van der Waals surface area contributed by atoms with E-state index in [2.05, 4.69) is 11.8 Å². The van der Waals surface area contributed by atoms with Crippen molar-refractivity contribution in [2.75, 3.05) is 19.7 Å². The second-order valence-electron chi connectivity index (χ2n) is 4.48. The quantitative estimate of drug-likeness (QED) is 0.681. The molecule has 1 saturated carbocycles. The minimum absolute atomic E-state index is 0.161. The van der Waals surface area contributed by atoms with E-state index in [1.54, 1.807) is 0 Å². The summed E-state index contributed by atoms with van der Waals surface area (Å²) in [6.45, 7) is 4.27. The van der Waals surface area contributed by atoms with Crippen molar-refractivity contribution in [2.24, 2.45) is 0 Å². The molecule has 1 aliphatic carbocycles. The van der Waals surface area contributed by atoms with Gasteiger partial charge in [-0.25, -0.2) is 0 Å². The molecule has 0 aromatic carbocycles. The first kappa shape index (κ1) is 12.9. The summed E-state index contributed by atoms with van der Waals surface area (Å²) in [7, 11) is 0. The maximum Gasteiger partial charge on any atom is 0.0695 e. The molecule has 1 aliphatic rings. The highest BCUT2D eigenvalue weighted by Gasteiger charge is 2.25. The van der Waals surface area contributed by atoms with Gasteiger partial charge in [-0.2, -0.15) is 0 Å². The Bertz CT molecular complexity index is 164. The Morgan fingerprint density at radius 3 is 2.60 bits per heavy atom. The van der Waals surface area contributed by atoms with Crippen LogP contribution in [0.1, 0.15) is 45.4 Å². The number of hydrogen-bond donors (Lipinski definition) is 2. The molecule has 0 radical (unpaired) electrons. The van der Waals surface area contributed by atoms with Gasteiger partial charge in [-0.1, -0.05) is 26.2 Å². The van der Waals surface area contributed by atoms with Crippen LogP contribution in [-0.4, -0.2) is 47.0 Å². The van der Waals surface area contributed by atoms with Crippen molar-refractivity contribution in [2.45, 2.75) is 57.6 Å². The van der Waals surface area contributed by atoms with Crippen LogP contribution in [-0.2, 0) is 0 Å². The maximum absolute atomic E-state index is 10.0. The van der Waals surface area contributed by atoms with Crippen LogP contribution in [0.5, 0.6) is 0 Å². The summed E-state index contributed by atoms with van der Waals surface area (Å²) in [5.74, 6) is 0. The molecule has 3 nitrogen and oxygen atoms in total. The van der Waals surface area contributed by atoms with Gasteiger partial charge in [-0.15, -0.1) is 0 Å². The molecular formula is C12H25NO2. The van der Waals surface area contributed by atoms with E-state index >= 15 is 0 Å². The van der Waals surface area contributed by atoms with E-state index in [1.807, 2.05) is 0 Å². The highest BCUT2D eigenvalue weighted by Crippen LogP contribution is 2.22. The predicted octanol–water partition coefficient (Wildman–Crippen LogP) is 1.38. The van der Waals surface area contributed by atoms with Crippen molar-refractivity contribution in [3.63, 3.8) is 0 Å². The van der Waals surface area contributed by atoms with Gasteiger partial charge in [-0.3, -0.25) is 4.90 Å². The summed E-state index contributed by atoms with van der Waals surface area (Å²) in [6.07, 6.45) is 6.36. The van der Waals surface area contributed by atoms with E-state index in [0.29, 0.717) is 6.04 Å². The number of aliphatic hydroxyl groups is 2. The fourth-order valence-electron chi connectivity index (χ4n) is 2.53. The van der Waals surface area contributed by atoms with Crippen LogP contribution in [0.15, 0.2) is 0 Å². The number of hydrogen-bond acceptors (Lipinski definition) is 3. The molecule has 0 heterocycles. The summed E-state index contributed by atoms with van der Waals surface area (Å²) in [6, 6.07) is 0.323. The van der Waals surface area contributed by atoms with E-state index in [9.17, 15) is 5.11 Å². The lowest BCUT2D eigenvalue weighted by atomic mass is 10.0. The van der Waals surface area contributed by atoms with Gasteiger partial charge in [0.2, 0.25) is 0 Å². The Morgan fingerprint density at radius 1 is 1.20 bits per heavy atom. The first-order valence-corrected chi connectivity index (χ1v) is 6.32. The van der Waals surface area contributed by atoms with Crippen molar-refractivity contribution < 1.29 is 10.2 Å². The van der Waals surface area contributed by atoms with E-state index in [-0.39, 0.29) is 12.7 Å². The summed E-state index contributed by atoms with van der Waals surface area (Å²) in [4.78, 5) is 2.33. The molecule has 1 rings (SSSR count). The predicted molar refractivity (Wildman–Crippen MR) is 61.8 cm³/mol. The summed E-state index contributed by atoms with van der Waals surface area (Å²) in [5.41, 5.74) is 0. The van der Waals surface area contributed by atoms with Gasteiger partial charge in [-0.05, 0) is 25.8 Å². The molecular weight excluding hydrogens is 190 g/mol. The summed E-state index contributed by atoms with van der Waals surface area (Å²) >= 11 is 0. The molecule has 0 bridgehead atoms. The Kier molecular flexibility index (Phi) is 6.22. The molecule has 15 heavy (non-hydrogen) atoms. The minimum Gasteiger partial charge on any atom is -0.396 e. The minimum atomic E-state index is -0.161. The van der Waals surface area contributed by atoms with Crippen LogP contribution in [0, 0.1) is 0 Å². The molecule has 0 spiro atoms. The van der Waals surface area contributed by atoms with Gasteiger partial charge in [0.25, 0.3) is 0 Å². The Balaban J connectivity index is 2.47. The third-order valence-corrected chi connectivity index (χ3v) is 3.42. The van der Waals surface area contributed by atoms with Crippen LogP contribution in [0.2, 0.25) is 0 Å². The van der Waals surface area contributed by atoms with Crippen LogP contribution >= 0.6 is 0 Å². The smallest absolute Gasteiger partial charge is 0.0695 e. The third-order valence-electron chi connectivity index (χ3n) is 3.42. The number of rotatable bonds is 5. The fraction of sp³-hybridized carbons (Fsp3) is 1.00. The molecule has 3 heteroatoms. The zero-order valence-corrected chi connectivity index (χ0v) is 9.86. The van der Waals surface area contributed by atoms with Gasteiger partial charge in [0, 0.05) is 19.2 Å². The van der Waals surface area contributed by atoms with Crippen LogP contribution < -0.4 is 0 Å². The molecule has 1 fully saturated rings. The summed E-state index contributed by atoms with van der Waals surface area (Å²) in [5, 5.41) is 18.9. The summed E-state index contributed by atoms with van der Waals surface area (Å²) < 4.78 is 0. The number of nitrogens with zero attached hydrogens (tertiary/aromatic N) is 1. The lowest BCUT2D eigenvalue weighted by Gasteiger charge is -2.33. The van der Waals surface area contributed by atoms with E-state index in [1.165, 1.54) is 12.8 Å². The van der Waals surface area contributed by atoms with Gasteiger partial charge in [0.15, 0.2) is 0 Å². The van der Waals surface area contributed by atoms with Crippen molar-refractivity contribution in [3.05, 3.63) is 0 Å². The monoisotopic (exact) mass is 215 g/mol. The average Bonchev–Trinajstić information content (AvgIpc) is 2.45. The van der Waals surface area contributed by atoms with E-state index in [4.69, 9.17) is 5.11 Å². The fourth-order valence-corrected chi connectivity index (χ4v) is 2.53. The molecule has 0 saturated heterocycles. The van der Waals surface area contributed by atoms with Crippen LogP contribution in [0.25, 0.3) is 0 Å². The Labute approximate surface area is 93.1 Å². The normalized spacial score (nSPS) is 28.0. The van der Waals surface area contributed by atoms with Crippen LogP contribution in [0.3, 0.4) is 0 Å². The second-order valence-corrected chi connectivity index (χ2v) is 4.48. The Hall–Kier alpha value is -0.120. The molecule has 2 atom stereocenters. The molecule has 0 aromatic rings. The highest BCUT2D eigenvalue weighted by atomic mass is 16.3. The molecule has 2 unspecified atom stereocenters. The molecule has 90 valence electrons. The van der Waals surface area contributed by atoms with Crippen molar-refractivity contribution >= 4 is 0 Å². The van der Waals surface area contributed by atoms with E-state index < -0.39 is 0 Å². The standard InChI is InChI=1S/C12H25NO2/c1-2-13(9-6-10-14)11-7-4-3-5-8-12(11)15/h11-12,14-15H,2-10H2,1H3. The molecule has 0 aliphatic heterocycles. The molecule has 0 amide bonds. The van der Waals surface area contributed by atoms with Crippen molar-refractivity contribution in [1.29, 1.82) is 0 Å². The molecule has 2 N–H and O–H groups in total.